The molecule has 1 aliphatic carbocycles. The summed E-state index contributed by atoms with van der Waals surface area (Å²) in [5.74, 6) is 1.70. The van der Waals surface area contributed by atoms with E-state index in [1.807, 2.05) is 0 Å². The van der Waals surface area contributed by atoms with E-state index in [4.69, 9.17) is 9.26 Å². The fourth-order valence-corrected chi connectivity index (χ4v) is 2.93. The van der Waals surface area contributed by atoms with E-state index in [1.165, 1.54) is 6.33 Å². The maximum Gasteiger partial charge on any atom is 0.230 e. The Morgan fingerprint density at radius 3 is 2.95 bits per heavy atom. The Morgan fingerprint density at radius 2 is 2.16 bits per heavy atom. The molecule has 6 nitrogen and oxygen atoms in total. The average Bonchev–Trinajstić information content (AvgIpc) is 2.96. The van der Waals surface area contributed by atoms with Crippen molar-refractivity contribution in [3.05, 3.63) is 24.5 Å². The Hall–Kier alpha value is -1.82. The first-order valence-electron chi connectivity index (χ1n) is 6.55. The van der Waals surface area contributed by atoms with Crippen molar-refractivity contribution in [2.45, 2.75) is 25.2 Å². The average molecular weight is 258 g/mol. The standard InChI is InChI=1S/C13H14N4O2/c1-4-14-8-15-10(1)11-16-12(19-17-11)9-7-13(9)2-5-18-6-3-13/h1,4,8-9H,2-3,5-7H2. The van der Waals surface area contributed by atoms with Crippen LogP contribution in [-0.4, -0.2) is 33.3 Å². The highest BCUT2D eigenvalue weighted by molar-refractivity contribution is 5.46. The van der Waals surface area contributed by atoms with Crippen molar-refractivity contribution in [1.29, 1.82) is 0 Å². The molecule has 0 amide bonds. The summed E-state index contributed by atoms with van der Waals surface area (Å²) in [5, 5.41) is 4.02. The van der Waals surface area contributed by atoms with Crippen LogP contribution < -0.4 is 0 Å². The van der Waals surface area contributed by atoms with E-state index in [9.17, 15) is 0 Å². The number of nitrogens with zero attached hydrogens (tertiary/aromatic N) is 4. The van der Waals surface area contributed by atoms with E-state index in [0.717, 1.165) is 38.4 Å². The van der Waals surface area contributed by atoms with Crippen LogP contribution in [-0.2, 0) is 4.74 Å². The van der Waals surface area contributed by atoms with Gasteiger partial charge in [0.25, 0.3) is 0 Å². The number of aromatic nitrogens is 4. The molecule has 1 spiro atoms. The number of hydrogen-bond donors (Lipinski definition) is 0. The lowest BCUT2D eigenvalue weighted by Gasteiger charge is -2.21. The molecule has 1 saturated heterocycles. The molecule has 1 unspecified atom stereocenters. The molecule has 3 heterocycles. The first kappa shape index (κ1) is 11.0. The van der Waals surface area contributed by atoms with Gasteiger partial charge in [0.05, 0.1) is 0 Å². The van der Waals surface area contributed by atoms with Crippen molar-refractivity contribution in [1.82, 2.24) is 20.1 Å². The SMILES string of the molecule is c1cc(-c2noc(C3CC34CCOCC4)n2)ncn1. The zero-order chi connectivity index (χ0) is 12.7. The van der Waals surface area contributed by atoms with Crippen LogP contribution in [0, 0.1) is 5.41 Å². The Labute approximate surface area is 110 Å². The summed E-state index contributed by atoms with van der Waals surface area (Å²) in [4.78, 5) is 12.5. The molecule has 19 heavy (non-hydrogen) atoms. The minimum absolute atomic E-state index is 0.355. The number of rotatable bonds is 2. The molecule has 6 heteroatoms. The molecule has 1 atom stereocenters. The van der Waals surface area contributed by atoms with Crippen LogP contribution in [0.2, 0.25) is 0 Å². The molecule has 2 aliphatic rings. The monoisotopic (exact) mass is 258 g/mol. The van der Waals surface area contributed by atoms with Gasteiger partial charge in [-0.3, -0.25) is 0 Å². The highest BCUT2D eigenvalue weighted by atomic mass is 16.5. The van der Waals surface area contributed by atoms with E-state index in [-0.39, 0.29) is 0 Å². The van der Waals surface area contributed by atoms with E-state index >= 15 is 0 Å². The molecule has 0 radical (unpaired) electrons. The van der Waals surface area contributed by atoms with Crippen molar-refractivity contribution >= 4 is 0 Å². The van der Waals surface area contributed by atoms with Crippen LogP contribution in [0.1, 0.15) is 31.1 Å². The fourth-order valence-electron chi connectivity index (χ4n) is 2.93. The third kappa shape index (κ3) is 1.83. The molecule has 0 aromatic carbocycles. The second-order valence-corrected chi connectivity index (χ2v) is 5.28. The maximum absolute atomic E-state index is 5.42. The first-order valence-corrected chi connectivity index (χ1v) is 6.55. The highest BCUT2D eigenvalue weighted by Crippen LogP contribution is 2.64. The summed E-state index contributed by atoms with van der Waals surface area (Å²) in [6.45, 7) is 1.70. The lowest BCUT2D eigenvalue weighted by molar-refractivity contribution is 0.0544. The Morgan fingerprint density at radius 1 is 1.26 bits per heavy atom. The summed E-state index contributed by atoms with van der Waals surface area (Å²) in [5.41, 5.74) is 1.06. The zero-order valence-electron chi connectivity index (χ0n) is 10.5. The molecule has 0 bridgehead atoms. The van der Waals surface area contributed by atoms with Gasteiger partial charge in [0.1, 0.15) is 12.0 Å². The lowest BCUT2D eigenvalue weighted by Crippen LogP contribution is -2.18. The smallest absolute Gasteiger partial charge is 0.230 e. The first-order chi connectivity index (χ1) is 9.37. The maximum atomic E-state index is 5.42. The third-order valence-electron chi connectivity index (χ3n) is 4.23. The van der Waals surface area contributed by atoms with Crippen LogP contribution in [0.4, 0.5) is 0 Å². The van der Waals surface area contributed by atoms with E-state index in [2.05, 4.69) is 20.1 Å². The zero-order valence-corrected chi connectivity index (χ0v) is 10.5. The second-order valence-electron chi connectivity index (χ2n) is 5.28. The molecule has 98 valence electrons. The summed E-state index contributed by atoms with van der Waals surface area (Å²) in [7, 11) is 0. The van der Waals surface area contributed by atoms with E-state index in [0.29, 0.717) is 22.9 Å². The van der Waals surface area contributed by atoms with Gasteiger partial charge in [-0.15, -0.1) is 0 Å². The molecule has 0 N–H and O–H groups in total. The molecule has 2 fully saturated rings. The number of ether oxygens (including phenoxy) is 1. The lowest BCUT2D eigenvalue weighted by atomic mass is 9.94. The van der Waals surface area contributed by atoms with Gasteiger partial charge in [0.2, 0.25) is 11.7 Å². The predicted octanol–water partition coefficient (Wildman–Crippen LogP) is 1.81. The normalized spacial score (nSPS) is 24.5. The Balaban J connectivity index is 1.57. The topological polar surface area (TPSA) is 73.9 Å². The minimum Gasteiger partial charge on any atom is -0.381 e. The van der Waals surface area contributed by atoms with E-state index in [1.54, 1.807) is 12.3 Å². The van der Waals surface area contributed by atoms with Crippen molar-refractivity contribution in [3.63, 3.8) is 0 Å². The van der Waals surface area contributed by atoms with Crippen molar-refractivity contribution in [2.24, 2.45) is 5.41 Å². The van der Waals surface area contributed by atoms with Gasteiger partial charge in [-0.25, -0.2) is 9.97 Å². The van der Waals surface area contributed by atoms with Crippen molar-refractivity contribution in [3.8, 4) is 11.5 Å². The molecule has 1 saturated carbocycles. The van der Waals surface area contributed by atoms with Crippen LogP contribution in [0.3, 0.4) is 0 Å². The van der Waals surface area contributed by atoms with Gasteiger partial charge in [-0.05, 0) is 30.7 Å². The number of hydrogen-bond acceptors (Lipinski definition) is 6. The molecule has 1 aliphatic heterocycles. The van der Waals surface area contributed by atoms with Gasteiger partial charge in [0, 0.05) is 25.3 Å². The summed E-state index contributed by atoms with van der Waals surface area (Å²) >= 11 is 0. The van der Waals surface area contributed by atoms with Gasteiger partial charge < -0.3 is 9.26 Å². The summed E-state index contributed by atoms with van der Waals surface area (Å²) in [6.07, 6.45) is 6.51. The Bertz CT molecular complexity index is 577. The van der Waals surface area contributed by atoms with Crippen LogP contribution in [0.5, 0.6) is 0 Å². The Kier molecular flexibility index (Phi) is 2.38. The van der Waals surface area contributed by atoms with Gasteiger partial charge >= 0.3 is 0 Å². The van der Waals surface area contributed by atoms with E-state index < -0.39 is 0 Å². The summed E-state index contributed by atoms with van der Waals surface area (Å²) < 4.78 is 10.8. The second kappa shape index (κ2) is 4.09. The highest BCUT2D eigenvalue weighted by Gasteiger charge is 2.57. The molecular formula is C13H14N4O2. The van der Waals surface area contributed by atoms with Crippen molar-refractivity contribution in [2.75, 3.05) is 13.2 Å². The van der Waals surface area contributed by atoms with Crippen LogP contribution in [0.25, 0.3) is 11.5 Å². The van der Waals surface area contributed by atoms with Crippen molar-refractivity contribution < 1.29 is 9.26 Å². The van der Waals surface area contributed by atoms with Gasteiger partial charge in [0.15, 0.2) is 0 Å². The van der Waals surface area contributed by atoms with Crippen LogP contribution >= 0.6 is 0 Å². The van der Waals surface area contributed by atoms with Crippen LogP contribution in [0.15, 0.2) is 23.1 Å². The molecule has 2 aromatic heterocycles. The quantitative estimate of drug-likeness (QED) is 0.817. The predicted molar refractivity (Wildman–Crippen MR) is 65.2 cm³/mol. The third-order valence-corrected chi connectivity index (χ3v) is 4.23. The fraction of sp³-hybridized carbons (Fsp3) is 0.538. The largest absolute Gasteiger partial charge is 0.381 e. The molecule has 2 aromatic rings. The molecule has 4 rings (SSSR count). The van der Waals surface area contributed by atoms with Gasteiger partial charge in [-0.1, -0.05) is 5.16 Å². The molecular weight excluding hydrogens is 244 g/mol. The van der Waals surface area contributed by atoms with Gasteiger partial charge in [-0.2, -0.15) is 4.98 Å². The minimum atomic E-state index is 0.355. The summed E-state index contributed by atoms with van der Waals surface area (Å²) in [6, 6.07) is 1.78.